The van der Waals surface area contributed by atoms with Gasteiger partial charge in [-0.15, -0.1) is 0 Å². The van der Waals surface area contributed by atoms with Gasteiger partial charge in [0.25, 0.3) is 0 Å². The van der Waals surface area contributed by atoms with E-state index < -0.39 is 0 Å². The third-order valence-electron chi connectivity index (χ3n) is 4.99. The summed E-state index contributed by atoms with van der Waals surface area (Å²) in [6, 6.07) is 19.5. The number of nitrogens with one attached hydrogen (secondary N) is 1. The fourth-order valence-electron chi connectivity index (χ4n) is 3.28. The van der Waals surface area contributed by atoms with Crippen LogP contribution < -0.4 is 14.8 Å². The maximum atomic E-state index is 13.1. The largest absolute Gasteiger partial charge is 0.497 e. The van der Waals surface area contributed by atoms with Crippen LogP contribution in [-0.2, 0) is 13.1 Å². The lowest BCUT2D eigenvalue weighted by Gasteiger charge is -2.28. The lowest BCUT2D eigenvalue weighted by atomic mass is 10.2. The van der Waals surface area contributed by atoms with Crippen molar-refractivity contribution in [2.45, 2.75) is 33.0 Å². The highest BCUT2D eigenvalue weighted by atomic mass is 16.5. The number of aromatic nitrogens is 1. The first-order chi connectivity index (χ1) is 14.5. The van der Waals surface area contributed by atoms with Gasteiger partial charge >= 0.3 is 6.03 Å². The Hall–Kier alpha value is -3.41. The maximum absolute atomic E-state index is 13.1. The molecule has 0 aliphatic carbocycles. The molecule has 0 atom stereocenters. The molecule has 158 valence electrons. The first-order valence-corrected chi connectivity index (χ1v) is 9.99. The summed E-state index contributed by atoms with van der Waals surface area (Å²) in [6.45, 7) is 5.29. The minimum Gasteiger partial charge on any atom is -0.497 e. The van der Waals surface area contributed by atoms with Crippen LogP contribution >= 0.6 is 0 Å². The van der Waals surface area contributed by atoms with Gasteiger partial charge in [-0.05, 0) is 43.7 Å². The van der Waals surface area contributed by atoms with Gasteiger partial charge in [0, 0.05) is 30.5 Å². The molecular formula is C24H29N3O3. The summed E-state index contributed by atoms with van der Waals surface area (Å²) in [5.74, 6) is 1.23. The maximum Gasteiger partial charge on any atom is 0.322 e. The number of benzene rings is 2. The van der Waals surface area contributed by atoms with Gasteiger partial charge in [-0.25, -0.2) is 4.79 Å². The van der Waals surface area contributed by atoms with Crippen molar-refractivity contribution in [1.29, 1.82) is 0 Å². The van der Waals surface area contributed by atoms with Gasteiger partial charge in [-0.1, -0.05) is 30.3 Å². The molecule has 0 unspecified atom stereocenters. The Balaban J connectivity index is 1.76. The van der Waals surface area contributed by atoms with Crippen LogP contribution in [0.1, 0.15) is 25.1 Å². The molecule has 0 radical (unpaired) electrons. The number of carbonyl (C=O) groups is 1. The van der Waals surface area contributed by atoms with E-state index in [1.54, 1.807) is 37.3 Å². The summed E-state index contributed by atoms with van der Waals surface area (Å²) < 4.78 is 12.8. The number of rotatable bonds is 8. The molecule has 0 saturated heterocycles. The molecule has 3 aromatic rings. The van der Waals surface area contributed by atoms with Crippen LogP contribution in [0.4, 0.5) is 10.5 Å². The molecule has 2 amide bonds. The van der Waals surface area contributed by atoms with Crippen molar-refractivity contribution >= 4 is 11.7 Å². The second-order valence-electron chi connectivity index (χ2n) is 7.33. The van der Waals surface area contributed by atoms with Crippen LogP contribution in [0.25, 0.3) is 0 Å². The molecule has 0 bridgehead atoms. The number of hydrogen-bond donors (Lipinski definition) is 1. The highest BCUT2D eigenvalue weighted by Crippen LogP contribution is 2.29. The van der Waals surface area contributed by atoms with E-state index in [0.29, 0.717) is 23.7 Å². The van der Waals surface area contributed by atoms with Crippen LogP contribution in [0.3, 0.4) is 0 Å². The normalized spacial score (nSPS) is 10.7. The van der Waals surface area contributed by atoms with Crippen molar-refractivity contribution in [1.82, 2.24) is 9.47 Å². The first kappa shape index (κ1) is 21.3. The number of urea groups is 1. The summed E-state index contributed by atoms with van der Waals surface area (Å²) in [4.78, 5) is 14.9. The molecule has 1 heterocycles. The van der Waals surface area contributed by atoms with Crippen molar-refractivity contribution in [2.24, 2.45) is 0 Å². The molecule has 6 nitrogen and oxygen atoms in total. The van der Waals surface area contributed by atoms with Gasteiger partial charge in [0.05, 0.1) is 26.5 Å². The predicted molar refractivity (Wildman–Crippen MR) is 119 cm³/mol. The lowest BCUT2D eigenvalue weighted by Crippen LogP contribution is -2.40. The lowest BCUT2D eigenvalue weighted by molar-refractivity contribution is 0.192. The SMILES string of the molecule is COc1ccc(NC(=O)N(Cc2cccn2Cc2ccccc2)C(C)C)c(OC)c1. The van der Waals surface area contributed by atoms with Gasteiger partial charge in [0.1, 0.15) is 11.5 Å². The van der Waals surface area contributed by atoms with E-state index in [4.69, 9.17) is 9.47 Å². The third-order valence-corrected chi connectivity index (χ3v) is 4.99. The van der Waals surface area contributed by atoms with Crippen molar-refractivity contribution in [3.63, 3.8) is 0 Å². The number of nitrogens with zero attached hydrogens (tertiary/aromatic N) is 2. The Labute approximate surface area is 178 Å². The molecule has 1 aromatic heterocycles. The Kier molecular flexibility index (Phi) is 7.01. The fraction of sp³-hybridized carbons (Fsp3) is 0.292. The van der Waals surface area contributed by atoms with Crippen molar-refractivity contribution in [3.8, 4) is 11.5 Å². The Bertz CT molecular complexity index is 967. The molecule has 0 saturated carbocycles. The van der Waals surface area contributed by atoms with Crippen LogP contribution in [0.5, 0.6) is 11.5 Å². The molecule has 0 aliphatic rings. The molecule has 0 fully saturated rings. The molecule has 3 rings (SSSR count). The van der Waals surface area contributed by atoms with Gasteiger partial charge < -0.3 is 24.3 Å². The second-order valence-corrected chi connectivity index (χ2v) is 7.33. The second kappa shape index (κ2) is 9.87. The van der Waals surface area contributed by atoms with E-state index in [1.165, 1.54) is 5.56 Å². The van der Waals surface area contributed by atoms with Crippen LogP contribution in [0.15, 0.2) is 66.9 Å². The Morgan fingerprint density at radius 2 is 1.80 bits per heavy atom. The monoisotopic (exact) mass is 407 g/mol. The minimum absolute atomic E-state index is 0.0225. The summed E-state index contributed by atoms with van der Waals surface area (Å²) in [6.07, 6.45) is 2.05. The summed E-state index contributed by atoms with van der Waals surface area (Å²) >= 11 is 0. The summed E-state index contributed by atoms with van der Waals surface area (Å²) in [5, 5.41) is 2.97. The summed E-state index contributed by atoms with van der Waals surface area (Å²) in [5.41, 5.74) is 2.90. The molecule has 6 heteroatoms. The van der Waals surface area contributed by atoms with E-state index in [9.17, 15) is 4.79 Å². The highest BCUT2D eigenvalue weighted by molar-refractivity contribution is 5.91. The standard InChI is InChI=1S/C24H29N3O3/c1-18(2)27(24(28)25-22-13-12-21(29-3)15-23(22)30-4)17-20-11-8-14-26(20)16-19-9-6-5-7-10-19/h5-15,18H,16-17H2,1-4H3,(H,25,28). The van der Waals surface area contributed by atoms with E-state index in [1.807, 2.05) is 44.3 Å². The van der Waals surface area contributed by atoms with Gasteiger partial charge in [0.15, 0.2) is 0 Å². The molecule has 0 spiro atoms. The van der Waals surface area contributed by atoms with E-state index in [-0.39, 0.29) is 12.1 Å². The van der Waals surface area contributed by atoms with Gasteiger partial charge in [-0.2, -0.15) is 0 Å². The molecule has 2 aromatic carbocycles. The zero-order valence-electron chi connectivity index (χ0n) is 18.0. The minimum atomic E-state index is -0.180. The summed E-state index contributed by atoms with van der Waals surface area (Å²) in [7, 11) is 3.17. The number of hydrogen-bond acceptors (Lipinski definition) is 3. The zero-order valence-corrected chi connectivity index (χ0v) is 18.0. The number of ether oxygens (including phenoxy) is 2. The Morgan fingerprint density at radius 3 is 2.47 bits per heavy atom. The molecule has 0 aliphatic heterocycles. The van der Waals surface area contributed by atoms with Crippen molar-refractivity contribution < 1.29 is 14.3 Å². The van der Waals surface area contributed by atoms with Crippen molar-refractivity contribution in [3.05, 3.63) is 78.1 Å². The number of methoxy groups -OCH3 is 2. The first-order valence-electron chi connectivity index (χ1n) is 9.99. The smallest absolute Gasteiger partial charge is 0.322 e. The topological polar surface area (TPSA) is 55.7 Å². The molecule has 30 heavy (non-hydrogen) atoms. The number of amides is 2. The number of carbonyl (C=O) groups excluding carboxylic acids is 1. The average molecular weight is 408 g/mol. The zero-order chi connectivity index (χ0) is 21.5. The van der Waals surface area contributed by atoms with Crippen LogP contribution in [-0.4, -0.2) is 35.8 Å². The van der Waals surface area contributed by atoms with Crippen LogP contribution in [0, 0.1) is 0 Å². The quantitative estimate of drug-likeness (QED) is 0.572. The van der Waals surface area contributed by atoms with Gasteiger partial charge in [0.2, 0.25) is 0 Å². The average Bonchev–Trinajstić information content (AvgIpc) is 3.19. The van der Waals surface area contributed by atoms with Crippen molar-refractivity contribution in [2.75, 3.05) is 19.5 Å². The highest BCUT2D eigenvalue weighted by Gasteiger charge is 2.20. The van der Waals surface area contributed by atoms with Crippen LogP contribution in [0.2, 0.25) is 0 Å². The fourth-order valence-corrected chi connectivity index (χ4v) is 3.28. The van der Waals surface area contributed by atoms with E-state index >= 15 is 0 Å². The number of anilines is 1. The molecule has 1 N–H and O–H groups in total. The van der Waals surface area contributed by atoms with E-state index in [0.717, 1.165) is 12.2 Å². The van der Waals surface area contributed by atoms with Gasteiger partial charge in [-0.3, -0.25) is 0 Å². The third kappa shape index (κ3) is 5.14. The Morgan fingerprint density at radius 1 is 1.03 bits per heavy atom. The van der Waals surface area contributed by atoms with E-state index in [2.05, 4.69) is 28.1 Å². The molecular weight excluding hydrogens is 378 g/mol. The predicted octanol–water partition coefficient (Wildman–Crippen LogP) is 5.00.